The number of rotatable bonds is 4. The molecule has 4 nitrogen and oxygen atoms in total. The summed E-state index contributed by atoms with van der Waals surface area (Å²) < 4.78 is 0. The number of benzene rings is 1. The Labute approximate surface area is 108 Å². The number of carbonyl (C=O) groups excluding carboxylic acids is 1. The molecule has 1 aromatic rings. The predicted molar refractivity (Wildman–Crippen MR) is 70.7 cm³/mol. The Morgan fingerprint density at radius 1 is 1.06 bits per heavy atom. The molecule has 1 aromatic carbocycles. The van der Waals surface area contributed by atoms with E-state index in [0.29, 0.717) is 0 Å². The quantitative estimate of drug-likeness (QED) is 0.770. The van der Waals surface area contributed by atoms with Crippen LogP contribution in [0.25, 0.3) is 0 Å². The molecular formula is C14H21NO3. The van der Waals surface area contributed by atoms with Gasteiger partial charge in [0.15, 0.2) is 0 Å². The van der Waals surface area contributed by atoms with Crippen LogP contribution in [-0.2, 0) is 0 Å². The van der Waals surface area contributed by atoms with E-state index in [1.54, 1.807) is 0 Å². The zero-order valence-electron chi connectivity index (χ0n) is 11.3. The molecular weight excluding hydrogens is 230 g/mol. The Balaban J connectivity index is 2.94. The van der Waals surface area contributed by atoms with Crippen LogP contribution in [0.5, 0.6) is 11.5 Å². The third-order valence-corrected chi connectivity index (χ3v) is 2.98. The molecule has 4 heteroatoms. The van der Waals surface area contributed by atoms with Crippen LogP contribution in [0.4, 0.5) is 0 Å². The molecule has 0 aliphatic carbocycles. The van der Waals surface area contributed by atoms with E-state index in [2.05, 4.69) is 5.32 Å². The number of carbonyl (C=O) groups is 1. The normalized spacial score (nSPS) is 11.3. The lowest BCUT2D eigenvalue weighted by Crippen LogP contribution is -2.42. The molecule has 0 bridgehead atoms. The Bertz CT molecular complexity index is 399. The molecule has 0 saturated heterocycles. The summed E-state index contributed by atoms with van der Waals surface area (Å²) >= 11 is 0. The second kappa shape index (κ2) is 5.76. The van der Waals surface area contributed by atoms with Gasteiger partial charge in [-0.15, -0.1) is 0 Å². The lowest BCUT2D eigenvalue weighted by Gasteiger charge is -2.26. The smallest absolute Gasteiger partial charge is 0.259 e. The molecule has 0 atom stereocenters. The van der Waals surface area contributed by atoms with E-state index < -0.39 is 5.91 Å². The van der Waals surface area contributed by atoms with Crippen molar-refractivity contribution in [3.8, 4) is 11.5 Å². The lowest BCUT2D eigenvalue weighted by atomic mass is 9.93. The Morgan fingerprint density at radius 2 is 1.50 bits per heavy atom. The van der Waals surface area contributed by atoms with Crippen LogP contribution in [0.15, 0.2) is 18.2 Å². The number of aromatic hydroxyl groups is 2. The van der Waals surface area contributed by atoms with E-state index in [-0.39, 0.29) is 34.9 Å². The van der Waals surface area contributed by atoms with Gasteiger partial charge >= 0.3 is 0 Å². The molecule has 0 fully saturated rings. The molecule has 0 aliphatic rings. The zero-order chi connectivity index (χ0) is 13.9. The second-order valence-electron chi connectivity index (χ2n) is 5.16. The van der Waals surface area contributed by atoms with Crippen LogP contribution in [0.1, 0.15) is 38.1 Å². The van der Waals surface area contributed by atoms with Crippen LogP contribution < -0.4 is 5.32 Å². The fourth-order valence-corrected chi connectivity index (χ4v) is 2.09. The maximum Gasteiger partial charge on any atom is 0.259 e. The molecule has 3 N–H and O–H groups in total. The van der Waals surface area contributed by atoms with Crippen LogP contribution in [-0.4, -0.2) is 22.2 Å². The van der Waals surface area contributed by atoms with Crippen LogP contribution in [0.3, 0.4) is 0 Å². The number of hydrogen-bond acceptors (Lipinski definition) is 3. The minimum absolute atomic E-state index is 0.00324. The summed E-state index contributed by atoms with van der Waals surface area (Å²) in [6.07, 6.45) is 0. The maximum absolute atomic E-state index is 12.1. The van der Waals surface area contributed by atoms with Gasteiger partial charge in [-0.2, -0.15) is 0 Å². The fourth-order valence-electron chi connectivity index (χ4n) is 2.09. The standard InChI is InChI=1S/C14H21NO3/c1-8(2)13(9(3)4)15-14(18)12-10(16)6-5-7-11(12)17/h5-9,13,16-17H,1-4H3,(H,15,18). The van der Waals surface area contributed by atoms with Crippen molar-refractivity contribution >= 4 is 5.91 Å². The first-order valence-electron chi connectivity index (χ1n) is 6.16. The Morgan fingerprint density at radius 3 is 1.89 bits per heavy atom. The highest BCUT2D eigenvalue weighted by molar-refractivity contribution is 5.99. The molecule has 0 aromatic heterocycles. The topological polar surface area (TPSA) is 69.6 Å². The molecule has 100 valence electrons. The van der Waals surface area contributed by atoms with E-state index in [1.165, 1.54) is 18.2 Å². The van der Waals surface area contributed by atoms with Gasteiger partial charge in [0.05, 0.1) is 0 Å². The molecule has 0 aliphatic heterocycles. The highest BCUT2D eigenvalue weighted by Crippen LogP contribution is 2.26. The highest BCUT2D eigenvalue weighted by atomic mass is 16.3. The van der Waals surface area contributed by atoms with Gasteiger partial charge in [-0.05, 0) is 24.0 Å². The van der Waals surface area contributed by atoms with Crippen molar-refractivity contribution in [2.45, 2.75) is 33.7 Å². The molecule has 0 saturated carbocycles. The highest BCUT2D eigenvalue weighted by Gasteiger charge is 2.23. The molecule has 0 radical (unpaired) electrons. The van der Waals surface area contributed by atoms with E-state index in [1.807, 2.05) is 27.7 Å². The first-order chi connectivity index (χ1) is 8.34. The van der Waals surface area contributed by atoms with Gasteiger partial charge in [-0.25, -0.2) is 0 Å². The zero-order valence-corrected chi connectivity index (χ0v) is 11.3. The van der Waals surface area contributed by atoms with Gasteiger partial charge in [0.2, 0.25) is 0 Å². The summed E-state index contributed by atoms with van der Waals surface area (Å²) in [5, 5.41) is 22.1. The number of amides is 1. The van der Waals surface area contributed by atoms with E-state index in [4.69, 9.17) is 0 Å². The van der Waals surface area contributed by atoms with Gasteiger partial charge in [0, 0.05) is 6.04 Å². The summed E-state index contributed by atoms with van der Waals surface area (Å²) in [4.78, 5) is 12.1. The van der Waals surface area contributed by atoms with Crippen molar-refractivity contribution in [2.75, 3.05) is 0 Å². The van der Waals surface area contributed by atoms with E-state index >= 15 is 0 Å². The fraction of sp³-hybridized carbons (Fsp3) is 0.500. The number of nitrogens with one attached hydrogen (secondary N) is 1. The Kier molecular flexibility index (Phi) is 4.59. The van der Waals surface area contributed by atoms with Crippen LogP contribution in [0, 0.1) is 11.8 Å². The average molecular weight is 251 g/mol. The first kappa shape index (κ1) is 14.4. The largest absolute Gasteiger partial charge is 0.507 e. The van der Waals surface area contributed by atoms with Gasteiger partial charge in [-0.3, -0.25) is 4.79 Å². The molecule has 0 heterocycles. The van der Waals surface area contributed by atoms with Crippen molar-refractivity contribution in [1.29, 1.82) is 0 Å². The van der Waals surface area contributed by atoms with Crippen molar-refractivity contribution in [3.63, 3.8) is 0 Å². The van der Waals surface area contributed by atoms with Crippen molar-refractivity contribution in [2.24, 2.45) is 11.8 Å². The average Bonchev–Trinajstić information content (AvgIpc) is 2.24. The minimum Gasteiger partial charge on any atom is -0.507 e. The minimum atomic E-state index is -0.446. The first-order valence-corrected chi connectivity index (χ1v) is 6.16. The molecule has 1 rings (SSSR count). The number of phenols is 2. The maximum atomic E-state index is 12.1. The van der Waals surface area contributed by atoms with Crippen molar-refractivity contribution < 1.29 is 15.0 Å². The number of hydrogen-bond donors (Lipinski definition) is 3. The predicted octanol–water partition coefficient (Wildman–Crippen LogP) is 2.51. The summed E-state index contributed by atoms with van der Waals surface area (Å²) in [6, 6.07) is 4.25. The summed E-state index contributed by atoms with van der Waals surface area (Å²) in [5.41, 5.74) is -0.0659. The third-order valence-electron chi connectivity index (χ3n) is 2.98. The van der Waals surface area contributed by atoms with Gasteiger partial charge in [-0.1, -0.05) is 33.8 Å². The Hall–Kier alpha value is -1.71. The van der Waals surface area contributed by atoms with Gasteiger partial charge < -0.3 is 15.5 Å². The third kappa shape index (κ3) is 3.15. The van der Waals surface area contributed by atoms with Crippen molar-refractivity contribution in [1.82, 2.24) is 5.32 Å². The van der Waals surface area contributed by atoms with E-state index in [9.17, 15) is 15.0 Å². The second-order valence-corrected chi connectivity index (χ2v) is 5.16. The molecule has 18 heavy (non-hydrogen) atoms. The van der Waals surface area contributed by atoms with Gasteiger partial charge in [0.1, 0.15) is 17.1 Å². The monoisotopic (exact) mass is 251 g/mol. The summed E-state index contributed by atoms with van der Waals surface area (Å²) in [6.45, 7) is 8.09. The SMILES string of the molecule is CC(C)C(NC(=O)c1c(O)cccc1O)C(C)C. The summed E-state index contributed by atoms with van der Waals surface area (Å²) in [7, 11) is 0. The summed E-state index contributed by atoms with van der Waals surface area (Å²) in [5.74, 6) is -0.306. The van der Waals surface area contributed by atoms with Gasteiger partial charge in [0.25, 0.3) is 5.91 Å². The van der Waals surface area contributed by atoms with Crippen LogP contribution in [0.2, 0.25) is 0 Å². The number of phenolic OH excluding ortho intramolecular Hbond substituents is 2. The van der Waals surface area contributed by atoms with Crippen LogP contribution >= 0.6 is 0 Å². The van der Waals surface area contributed by atoms with E-state index in [0.717, 1.165) is 0 Å². The molecule has 0 unspecified atom stereocenters. The molecule has 0 spiro atoms. The molecule has 1 amide bonds. The van der Waals surface area contributed by atoms with Crippen molar-refractivity contribution in [3.05, 3.63) is 23.8 Å². The lowest BCUT2D eigenvalue weighted by molar-refractivity contribution is 0.0905.